The molecular formula is C15H30N2O. The Hall–Kier alpha value is -0.120. The molecule has 2 N–H and O–H groups in total. The van der Waals surface area contributed by atoms with E-state index in [2.05, 4.69) is 18.7 Å². The number of hydrogen-bond donors (Lipinski definition) is 1. The maximum absolute atomic E-state index is 5.87. The summed E-state index contributed by atoms with van der Waals surface area (Å²) in [6.45, 7) is 9.08. The van der Waals surface area contributed by atoms with Crippen molar-refractivity contribution >= 4 is 0 Å². The molecule has 2 aliphatic heterocycles. The van der Waals surface area contributed by atoms with Gasteiger partial charge in [0.05, 0.1) is 12.2 Å². The molecular weight excluding hydrogens is 224 g/mol. The van der Waals surface area contributed by atoms with Gasteiger partial charge in [-0.1, -0.05) is 13.8 Å². The fourth-order valence-corrected chi connectivity index (χ4v) is 3.48. The van der Waals surface area contributed by atoms with E-state index in [0.29, 0.717) is 12.2 Å². The third-order valence-electron chi connectivity index (χ3n) is 4.65. The monoisotopic (exact) mass is 254 g/mol. The summed E-state index contributed by atoms with van der Waals surface area (Å²) in [7, 11) is 0. The molecule has 3 atom stereocenters. The molecule has 0 aromatic heterocycles. The van der Waals surface area contributed by atoms with E-state index in [4.69, 9.17) is 10.5 Å². The molecule has 0 aromatic carbocycles. The molecule has 2 saturated heterocycles. The number of hydrogen-bond acceptors (Lipinski definition) is 3. The van der Waals surface area contributed by atoms with Crippen molar-refractivity contribution in [2.24, 2.45) is 17.6 Å². The van der Waals surface area contributed by atoms with Crippen molar-refractivity contribution in [3.8, 4) is 0 Å². The zero-order chi connectivity index (χ0) is 13.0. The Morgan fingerprint density at radius 1 is 1.17 bits per heavy atom. The molecule has 0 amide bonds. The van der Waals surface area contributed by atoms with Crippen LogP contribution in [0.4, 0.5) is 0 Å². The van der Waals surface area contributed by atoms with Crippen molar-refractivity contribution in [2.45, 2.75) is 58.2 Å². The van der Waals surface area contributed by atoms with Gasteiger partial charge >= 0.3 is 0 Å². The van der Waals surface area contributed by atoms with Crippen molar-refractivity contribution in [1.82, 2.24) is 4.90 Å². The standard InChI is InChI=1S/C15H30N2O/c1-12(2)13(7-8-16)4-3-9-17-10-14-5-6-15(11-17)18-14/h12-15H,3-11,16H2,1-2H3. The number of ether oxygens (including phenoxy) is 1. The predicted octanol–water partition coefficient (Wildman–Crippen LogP) is 2.25. The summed E-state index contributed by atoms with van der Waals surface area (Å²) in [5.41, 5.74) is 5.70. The SMILES string of the molecule is CC(C)C(CCN)CCCN1CC2CCC(C1)O2. The van der Waals surface area contributed by atoms with Crippen molar-refractivity contribution in [2.75, 3.05) is 26.2 Å². The molecule has 0 spiro atoms. The van der Waals surface area contributed by atoms with Crippen LogP contribution in [0.3, 0.4) is 0 Å². The Balaban J connectivity index is 1.65. The summed E-state index contributed by atoms with van der Waals surface area (Å²) in [5, 5.41) is 0. The Morgan fingerprint density at radius 3 is 2.39 bits per heavy atom. The Morgan fingerprint density at radius 2 is 1.83 bits per heavy atom. The fourth-order valence-electron chi connectivity index (χ4n) is 3.48. The van der Waals surface area contributed by atoms with Gasteiger partial charge in [0.25, 0.3) is 0 Å². The second kappa shape index (κ2) is 6.88. The molecule has 0 saturated carbocycles. The van der Waals surface area contributed by atoms with E-state index in [1.165, 1.54) is 51.7 Å². The third kappa shape index (κ3) is 3.94. The summed E-state index contributed by atoms with van der Waals surface area (Å²) in [6.07, 6.45) is 7.48. The zero-order valence-corrected chi connectivity index (χ0v) is 12.1. The van der Waals surface area contributed by atoms with Gasteiger partial charge in [0, 0.05) is 13.1 Å². The maximum atomic E-state index is 5.87. The number of fused-ring (bicyclic) bond motifs is 2. The Labute approximate surface area is 112 Å². The van der Waals surface area contributed by atoms with Crippen molar-refractivity contribution < 1.29 is 4.74 Å². The molecule has 0 aliphatic carbocycles. The first kappa shape index (κ1) is 14.3. The lowest BCUT2D eigenvalue weighted by Crippen LogP contribution is -2.43. The second-order valence-corrected chi connectivity index (χ2v) is 6.44. The van der Waals surface area contributed by atoms with Crippen LogP contribution in [0.1, 0.15) is 46.0 Å². The van der Waals surface area contributed by atoms with Crippen LogP contribution in [0.5, 0.6) is 0 Å². The number of nitrogens with two attached hydrogens (primary N) is 1. The predicted molar refractivity (Wildman–Crippen MR) is 75.6 cm³/mol. The van der Waals surface area contributed by atoms with Crippen LogP contribution in [0.15, 0.2) is 0 Å². The highest BCUT2D eigenvalue weighted by Gasteiger charge is 2.33. The summed E-state index contributed by atoms with van der Waals surface area (Å²) >= 11 is 0. The first-order valence-electron chi connectivity index (χ1n) is 7.77. The molecule has 18 heavy (non-hydrogen) atoms. The normalized spacial score (nSPS) is 30.0. The topological polar surface area (TPSA) is 38.5 Å². The molecule has 2 rings (SSSR count). The molecule has 3 unspecified atom stereocenters. The van der Waals surface area contributed by atoms with Gasteiger partial charge in [0.1, 0.15) is 0 Å². The number of rotatable bonds is 7. The van der Waals surface area contributed by atoms with Crippen LogP contribution in [0, 0.1) is 11.8 Å². The minimum atomic E-state index is 0.536. The van der Waals surface area contributed by atoms with Crippen LogP contribution in [-0.4, -0.2) is 43.3 Å². The van der Waals surface area contributed by atoms with E-state index in [1.807, 2.05) is 0 Å². The molecule has 2 heterocycles. The van der Waals surface area contributed by atoms with Gasteiger partial charge in [-0.15, -0.1) is 0 Å². The van der Waals surface area contributed by atoms with Crippen LogP contribution in [0.25, 0.3) is 0 Å². The van der Waals surface area contributed by atoms with Crippen LogP contribution in [-0.2, 0) is 4.74 Å². The van der Waals surface area contributed by atoms with E-state index in [-0.39, 0.29) is 0 Å². The number of likely N-dealkylation sites (tertiary alicyclic amines) is 1. The second-order valence-electron chi connectivity index (χ2n) is 6.44. The zero-order valence-electron chi connectivity index (χ0n) is 12.1. The van der Waals surface area contributed by atoms with Crippen LogP contribution < -0.4 is 5.73 Å². The number of morpholine rings is 1. The minimum absolute atomic E-state index is 0.536. The fraction of sp³-hybridized carbons (Fsp3) is 1.00. The van der Waals surface area contributed by atoms with Gasteiger partial charge in [-0.2, -0.15) is 0 Å². The van der Waals surface area contributed by atoms with Gasteiger partial charge in [0.15, 0.2) is 0 Å². The molecule has 0 radical (unpaired) electrons. The highest BCUT2D eigenvalue weighted by atomic mass is 16.5. The number of nitrogens with zero attached hydrogens (tertiary/aromatic N) is 1. The lowest BCUT2D eigenvalue weighted by Gasteiger charge is -2.32. The summed E-state index contributed by atoms with van der Waals surface area (Å²) in [6, 6.07) is 0. The van der Waals surface area contributed by atoms with Crippen molar-refractivity contribution in [3.63, 3.8) is 0 Å². The summed E-state index contributed by atoms with van der Waals surface area (Å²) < 4.78 is 5.87. The van der Waals surface area contributed by atoms with Gasteiger partial charge < -0.3 is 10.5 Å². The third-order valence-corrected chi connectivity index (χ3v) is 4.65. The summed E-state index contributed by atoms with van der Waals surface area (Å²) in [5.74, 6) is 1.59. The van der Waals surface area contributed by atoms with Crippen molar-refractivity contribution in [3.05, 3.63) is 0 Å². The quantitative estimate of drug-likeness (QED) is 0.757. The van der Waals surface area contributed by atoms with Gasteiger partial charge in [-0.05, 0) is 57.0 Å². The first-order chi connectivity index (χ1) is 8.69. The first-order valence-corrected chi connectivity index (χ1v) is 7.77. The highest BCUT2D eigenvalue weighted by Crippen LogP contribution is 2.27. The maximum Gasteiger partial charge on any atom is 0.0707 e. The van der Waals surface area contributed by atoms with Gasteiger partial charge in [-0.3, -0.25) is 4.90 Å². The van der Waals surface area contributed by atoms with E-state index < -0.39 is 0 Å². The van der Waals surface area contributed by atoms with Crippen LogP contribution in [0.2, 0.25) is 0 Å². The van der Waals surface area contributed by atoms with Gasteiger partial charge in [-0.25, -0.2) is 0 Å². The highest BCUT2D eigenvalue weighted by molar-refractivity contribution is 4.84. The molecule has 106 valence electrons. The Kier molecular flexibility index (Phi) is 5.46. The van der Waals surface area contributed by atoms with Gasteiger partial charge in [0.2, 0.25) is 0 Å². The largest absolute Gasteiger partial charge is 0.372 e. The average molecular weight is 254 g/mol. The van der Waals surface area contributed by atoms with E-state index in [1.54, 1.807) is 0 Å². The average Bonchev–Trinajstić information content (AvgIpc) is 2.67. The molecule has 3 heteroatoms. The molecule has 0 aromatic rings. The smallest absolute Gasteiger partial charge is 0.0707 e. The van der Waals surface area contributed by atoms with E-state index in [9.17, 15) is 0 Å². The molecule has 2 aliphatic rings. The van der Waals surface area contributed by atoms with Crippen LogP contribution >= 0.6 is 0 Å². The molecule has 3 nitrogen and oxygen atoms in total. The lowest BCUT2D eigenvalue weighted by atomic mass is 9.88. The molecule has 2 bridgehead atoms. The lowest BCUT2D eigenvalue weighted by molar-refractivity contribution is -0.0389. The molecule has 2 fully saturated rings. The Bertz CT molecular complexity index is 233. The van der Waals surface area contributed by atoms with E-state index in [0.717, 1.165) is 18.4 Å². The van der Waals surface area contributed by atoms with E-state index >= 15 is 0 Å². The minimum Gasteiger partial charge on any atom is -0.372 e. The van der Waals surface area contributed by atoms with Crippen molar-refractivity contribution in [1.29, 1.82) is 0 Å². The summed E-state index contributed by atoms with van der Waals surface area (Å²) in [4.78, 5) is 2.62.